The third kappa shape index (κ3) is 3.88. The molecule has 5 aromatic rings. The largest absolute Gasteiger partial charge is 0.493 e. The van der Waals surface area contributed by atoms with Crippen molar-refractivity contribution in [3.8, 4) is 34.3 Å². The van der Waals surface area contributed by atoms with E-state index in [4.69, 9.17) is 28.7 Å². The predicted octanol–water partition coefficient (Wildman–Crippen LogP) is 4.86. The summed E-state index contributed by atoms with van der Waals surface area (Å²) in [4.78, 5) is 14.3. The number of aryl methyl sites for hydroxylation is 2. The van der Waals surface area contributed by atoms with E-state index in [-0.39, 0.29) is 0 Å². The van der Waals surface area contributed by atoms with Crippen molar-refractivity contribution < 1.29 is 18.7 Å². The highest BCUT2D eigenvalue weighted by atomic mass is 16.5. The van der Waals surface area contributed by atoms with Crippen molar-refractivity contribution in [1.29, 1.82) is 0 Å². The van der Waals surface area contributed by atoms with Crippen LogP contribution in [0.2, 0.25) is 0 Å². The van der Waals surface area contributed by atoms with Gasteiger partial charge in [0.1, 0.15) is 12.1 Å². The van der Waals surface area contributed by atoms with E-state index in [0.29, 0.717) is 57.2 Å². The molecule has 0 spiro atoms. The van der Waals surface area contributed by atoms with Crippen LogP contribution in [0.5, 0.6) is 17.2 Å². The van der Waals surface area contributed by atoms with Gasteiger partial charge in [-0.3, -0.25) is 4.57 Å². The highest BCUT2D eigenvalue weighted by Crippen LogP contribution is 2.41. The van der Waals surface area contributed by atoms with Gasteiger partial charge in [-0.15, -0.1) is 0 Å². The summed E-state index contributed by atoms with van der Waals surface area (Å²) in [5.74, 6) is 3.14. The topological polar surface area (TPSA) is 109 Å². The summed E-state index contributed by atoms with van der Waals surface area (Å²) in [6, 6.07) is 13.5. The molecule has 10 nitrogen and oxygen atoms in total. The Balaban J connectivity index is 1.71. The number of methoxy groups -OCH3 is 3. The van der Waals surface area contributed by atoms with Gasteiger partial charge in [0, 0.05) is 23.5 Å². The highest BCUT2D eigenvalue weighted by molar-refractivity contribution is 5.89. The summed E-state index contributed by atoms with van der Waals surface area (Å²) in [6.45, 7) is 3.70. The monoisotopic (exact) mass is 472 g/mol. The van der Waals surface area contributed by atoms with Crippen LogP contribution in [0.25, 0.3) is 28.2 Å². The molecule has 0 aliphatic rings. The van der Waals surface area contributed by atoms with Crippen LogP contribution in [0, 0.1) is 13.8 Å². The maximum absolute atomic E-state index is 5.50. The second-order valence-corrected chi connectivity index (χ2v) is 7.76. The molecule has 0 saturated carbocycles. The number of rotatable bonds is 7. The van der Waals surface area contributed by atoms with Crippen LogP contribution >= 0.6 is 0 Å². The Morgan fingerprint density at radius 1 is 0.914 bits per heavy atom. The number of hydrogen-bond donors (Lipinski definition) is 1. The van der Waals surface area contributed by atoms with Crippen LogP contribution in [-0.2, 0) is 0 Å². The van der Waals surface area contributed by atoms with Crippen LogP contribution in [-0.4, -0.2) is 46.0 Å². The molecule has 0 bridgehead atoms. The van der Waals surface area contributed by atoms with Gasteiger partial charge in [-0.25, -0.2) is 15.0 Å². The number of anilines is 2. The van der Waals surface area contributed by atoms with Crippen molar-refractivity contribution in [2.24, 2.45) is 0 Å². The van der Waals surface area contributed by atoms with Crippen molar-refractivity contribution in [2.45, 2.75) is 13.8 Å². The zero-order chi connectivity index (χ0) is 24.5. The Bertz CT molecular complexity index is 1470. The van der Waals surface area contributed by atoms with E-state index in [1.807, 2.05) is 48.7 Å². The molecule has 0 atom stereocenters. The van der Waals surface area contributed by atoms with Crippen molar-refractivity contribution in [3.05, 3.63) is 60.2 Å². The minimum absolute atomic E-state index is 0.473. The molecule has 3 aromatic heterocycles. The predicted molar refractivity (Wildman–Crippen MR) is 131 cm³/mol. The first-order chi connectivity index (χ1) is 17.0. The molecule has 0 saturated heterocycles. The maximum Gasteiger partial charge on any atom is 0.203 e. The average molecular weight is 473 g/mol. The summed E-state index contributed by atoms with van der Waals surface area (Å²) in [5.41, 5.74) is 4.27. The Kier molecular flexibility index (Phi) is 5.69. The highest BCUT2D eigenvalue weighted by Gasteiger charge is 2.21. The molecule has 0 amide bonds. The van der Waals surface area contributed by atoms with Crippen molar-refractivity contribution in [2.75, 3.05) is 26.6 Å². The van der Waals surface area contributed by atoms with Gasteiger partial charge in [0.2, 0.25) is 5.75 Å². The quantitative estimate of drug-likeness (QED) is 0.355. The number of imidazole rings is 1. The smallest absolute Gasteiger partial charge is 0.203 e. The van der Waals surface area contributed by atoms with E-state index in [0.717, 1.165) is 11.3 Å². The number of hydrogen-bond acceptors (Lipinski definition) is 9. The number of fused-ring (bicyclic) bond motifs is 1. The number of nitrogens with one attached hydrogen (secondary N) is 1. The molecule has 10 heteroatoms. The standard InChI is InChI=1S/C25H24N6O4/c1-14-20(15(2)35-30-14)23-28-24(27-16-11-18(32-3)22(34-5)19(12-16)33-4)21-25(29-23)31(13-26-21)17-9-7-6-8-10-17/h6-13H,1-5H3,(H,27,28,29). The second-order valence-electron chi connectivity index (χ2n) is 7.76. The molecule has 5 rings (SSSR count). The fourth-order valence-corrected chi connectivity index (χ4v) is 3.97. The van der Waals surface area contributed by atoms with E-state index in [2.05, 4.69) is 15.5 Å². The lowest BCUT2D eigenvalue weighted by atomic mass is 10.2. The van der Waals surface area contributed by atoms with Crippen LogP contribution in [0.1, 0.15) is 11.5 Å². The lowest BCUT2D eigenvalue weighted by molar-refractivity contribution is 0.324. The summed E-state index contributed by atoms with van der Waals surface area (Å²) >= 11 is 0. The Morgan fingerprint density at radius 3 is 2.23 bits per heavy atom. The number of ether oxygens (including phenoxy) is 3. The van der Waals surface area contributed by atoms with E-state index in [1.165, 1.54) is 0 Å². The van der Waals surface area contributed by atoms with Crippen LogP contribution in [0.3, 0.4) is 0 Å². The van der Waals surface area contributed by atoms with Crippen molar-refractivity contribution in [3.63, 3.8) is 0 Å². The van der Waals surface area contributed by atoms with Gasteiger partial charge >= 0.3 is 0 Å². The first kappa shape index (κ1) is 22.2. The van der Waals surface area contributed by atoms with Crippen molar-refractivity contribution >= 4 is 22.7 Å². The summed E-state index contributed by atoms with van der Waals surface area (Å²) in [6.07, 6.45) is 1.73. The molecule has 0 fully saturated rings. The number of nitrogens with zero attached hydrogens (tertiary/aromatic N) is 5. The Morgan fingerprint density at radius 2 is 1.63 bits per heavy atom. The van der Waals surface area contributed by atoms with E-state index in [1.54, 1.807) is 39.8 Å². The second kappa shape index (κ2) is 8.98. The SMILES string of the molecule is COc1cc(Nc2nc(-c3c(C)noc3C)nc3c2ncn3-c2ccccc2)cc(OC)c1OC. The third-order valence-corrected chi connectivity index (χ3v) is 5.61. The molecular weight excluding hydrogens is 448 g/mol. The van der Waals surface area contributed by atoms with Crippen molar-refractivity contribution in [1.82, 2.24) is 24.7 Å². The van der Waals surface area contributed by atoms with Gasteiger partial charge < -0.3 is 24.1 Å². The Hall–Kier alpha value is -4.60. The molecular formula is C25H24N6O4. The molecule has 0 aliphatic heterocycles. The summed E-state index contributed by atoms with van der Waals surface area (Å²) < 4.78 is 23.7. The lowest BCUT2D eigenvalue weighted by Gasteiger charge is -2.15. The van der Waals surface area contributed by atoms with Crippen LogP contribution in [0.15, 0.2) is 53.3 Å². The minimum atomic E-state index is 0.473. The average Bonchev–Trinajstić information content (AvgIpc) is 3.46. The van der Waals surface area contributed by atoms with Gasteiger partial charge in [0.05, 0.1) is 32.6 Å². The summed E-state index contributed by atoms with van der Waals surface area (Å²) in [7, 11) is 4.70. The van der Waals surface area contributed by atoms with Crippen LogP contribution in [0.4, 0.5) is 11.5 Å². The van der Waals surface area contributed by atoms with Gasteiger partial charge in [0.25, 0.3) is 0 Å². The third-order valence-electron chi connectivity index (χ3n) is 5.61. The van der Waals surface area contributed by atoms with E-state index >= 15 is 0 Å². The number of benzene rings is 2. The molecule has 0 unspecified atom stereocenters. The van der Waals surface area contributed by atoms with Gasteiger partial charge in [-0.05, 0) is 26.0 Å². The van der Waals surface area contributed by atoms with Crippen LogP contribution < -0.4 is 19.5 Å². The molecule has 178 valence electrons. The fraction of sp³-hybridized carbons (Fsp3) is 0.200. The van der Waals surface area contributed by atoms with Gasteiger partial charge in [-0.2, -0.15) is 0 Å². The molecule has 2 aromatic carbocycles. The van der Waals surface area contributed by atoms with Gasteiger partial charge in [0.15, 0.2) is 34.3 Å². The molecule has 0 radical (unpaired) electrons. The minimum Gasteiger partial charge on any atom is -0.493 e. The Labute approximate surface area is 201 Å². The zero-order valence-corrected chi connectivity index (χ0v) is 20.0. The zero-order valence-electron chi connectivity index (χ0n) is 20.0. The normalized spacial score (nSPS) is 11.0. The van der Waals surface area contributed by atoms with E-state index < -0.39 is 0 Å². The molecule has 35 heavy (non-hydrogen) atoms. The maximum atomic E-state index is 5.50. The molecule has 1 N–H and O–H groups in total. The number of para-hydroxylation sites is 1. The van der Waals surface area contributed by atoms with Gasteiger partial charge in [-0.1, -0.05) is 23.4 Å². The summed E-state index contributed by atoms with van der Waals surface area (Å²) in [5, 5.41) is 7.43. The molecule has 0 aliphatic carbocycles. The lowest BCUT2D eigenvalue weighted by Crippen LogP contribution is -2.03. The first-order valence-electron chi connectivity index (χ1n) is 10.8. The first-order valence-corrected chi connectivity index (χ1v) is 10.8. The molecule has 3 heterocycles. The number of aromatic nitrogens is 5. The fourth-order valence-electron chi connectivity index (χ4n) is 3.97. The van der Waals surface area contributed by atoms with E-state index in [9.17, 15) is 0 Å².